The third kappa shape index (κ3) is 2.83. The van der Waals surface area contributed by atoms with E-state index in [1.807, 2.05) is 13.0 Å². The molecule has 19 heavy (non-hydrogen) atoms. The van der Waals surface area contributed by atoms with Gasteiger partial charge in [-0.3, -0.25) is 0 Å². The number of carboxylic acid groups (broad SMARTS) is 1. The Bertz CT molecular complexity index is 489. The molecule has 0 bridgehead atoms. The number of hydrogen-bond acceptors (Lipinski definition) is 3. The van der Waals surface area contributed by atoms with Gasteiger partial charge in [-0.15, -0.1) is 0 Å². The van der Waals surface area contributed by atoms with E-state index in [2.05, 4.69) is 18.7 Å². The van der Waals surface area contributed by atoms with Crippen molar-refractivity contribution >= 4 is 17.3 Å². The summed E-state index contributed by atoms with van der Waals surface area (Å²) in [6.07, 6.45) is 1.23. The number of carbonyl (C=O) groups is 1. The van der Waals surface area contributed by atoms with Gasteiger partial charge < -0.3 is 15.7 Å². The largest absolute Gasteiger partial charge is 0.478 e. The molecule has 1 aliphatic rings. The van der Waals surface area contributed by atoms with E-state index in [4.69, 9.17) is 5.73 Å². The number of carboxylic acids is 1. The number of piperidine rings is 1. The number of nitrogen functional groups attached to an aromatic ring is 1. The van der Waals surface area contributed by atoms with Crippen LogP contribution in [0.3, 0.4) is 0 Å². The monoisotopic (exact) mass is 262 g/mol. The molecule has 0 radical (unpaired) electrons. The number of anilines is 2. The normalized spacial score (nSPS) is 23.4. The Hall–Kier alpha value is -1.71. The van der Waals surface area contributed by atoms with Crippen LogP contribution in [-0.4, -0.2) is 24.2 Å². The van der Waals surface area contributed by atoms with Crippen LogP contribution < -0.4 is 10.6 Å². The summed E-state index contributed by atoms with van der Waals surface area (Å²) in [7, 11) is 0. The molecule has 1 heterocycles. The Labute approximate surface area is 114 Å². The third-order valence-corrected chi connectivity index (χ3v) is 3.84. The Balaban J connectivity index is 2.37. The molecule has 1 aromatic carbocycles. The molecule has 4 nitrogen and oxygen atoms in total. The van der Waals surface area contributed by atoms with E-state index in [0.29, 0.717) is 17.5 Å². The number of nitrogens with two attached hydrogens (primary N) is 1. The van der Waals surface area contributed by atoms with Gasteiger partial charge in [0.25, 0.3) is 0 Å². The predicted molar refractivity (Wildman–Crippen MR) is 77.7 cm³/mol. The van der Waals surface area contributed by atoms with Gasteiger partial charge >= 0.3 is 5.97 Å². The standard InChI is InChI=1S/C15H22N2O2/c1-9-4-10(2)8-17(7-9)12-5-11(3)14(16)13(6-12)15(18)19/h5-6,9-10H,4,7-8,16H2,1-3H3,(H,18,19). The molecule has 0 amide bonds. The van der Waals surface area contributed by atoms with E-state index in [1.54, 1.807) is 6.07 Å². The number of benzene rings is 1. The molecule has 104 valence electrons. The predicted octanol–water partition coefficient (Wildman–Crippen LogP) is 2.76. The summed E-state index contributed by atoms with van der Waals surface area (Å²) < 4.78 is 0. The van der Waals surface area contributed by atoms with Crippen LogP contribution in [-0.2, 0) is 0 Å². The van der Waals surface area contributed by atoms with E-state index in [-0.39, 0.29) is 5.56 Å². The minimum absolute atomic E-state index is 0.209. The van der Waals surface area contributed by atoms with Gasteiger partial charge in [0.05, 0.1) is 5.56 Å². The summed E-state index contributed by atoms with van der Waals surface area (Å²) in [5.74, 6) is 0.310. The van der Waals surface area contributed by atoms with Crippen LogP contribution in [0.15, 0.2) is 12.1 Å². The molecule has 1 fully saturated rings. The first-order chi connectivity index (χ1) is 8.88. The minimum Gasteiger partial charge on any atom is -0.478 e. The Morgan fingerprint density at radius 3 is 2.42 bits per heavy atom. The number of hydrogen-bond donors (Lipinski definition) is 2. The molecule has 0 aromatic heterocycles. The second kappa shape index (κ2) is 5.11. The fourth-order valence-electron chi connectivity index (χ4n) is 3.01. The molecule has 3 N–H and O–H groups in total. The lowest BCUT2D eigenvalue weighted by atomic mass is 9.91. The van der Waals surface area contributed by atoms with Gasteiger partial charge in [-0.05, 0) is 42.9 Å². The van der Waals surface area contributed by atoms with Gasteiger partial charge in [-0.1, -0.05) is 13.8 Å². The van der Waals surface area contributed by atoms with E-state index >= 15 is 0 Å². The highest BCUT2D eigenvalue weighted by Crippen LogP contribution is 2.30. The van der Waals surface area contributed by atoms with Gasteiger partial charge in [0.1, 0.15) is 0 Å². The highest BCUT2D eigenvalue weighted by atomic mass is 16.4. The lowest BCUT2D eigenvalue weighted by Crippen LogP contribution is -2.38. The van der Waals surface area contributed by atoms with E-state index in [0.717, 1.165) is 24.3 Å². The maximum absolute atomic E-state index is 11.2. The van der Waals surface area contributed by atoms with Gasteiger partial charge in [0.15, 0.2) is 0 Å². The fourth-order valence-corrected chi connectivity index (χ4v) is 3.01. The lowest BCUT2D eigenvalue weighted by Gasteiger charge is -2.37. The van der Waals surface area contributed by atoms with Crippen molar-refractivity contribution in [3.05, 3.63) is 23.3 Å². The summed E-state index contributed by atoms with van der Waals surface area (Å²) in [4.78, 5) is 13.5. The smallest absolute Gasteiger partial charge is 0.337 e. The maximum Gasteiger partial charge on any atom is 0.337 e. The van der Waals surface area contributed by atoms with Crippen LogP contribution in [0.2, 0.25) is 0 Å². The summed E-state index contributed by atoms with van der Waals surface area (Å²) in [5, 5.41) is 9.22. The average Bonchev–Trinajstić information content (AvgIpc) is 2.30. The molecule has 4 heteroatoms. The number of aromatic carboxylic acids is 1. The van der Waals surface area contributed by atoms with Crippen molar-refractivity contribution in [3.63, 3.8) is 0 Å². The van der Waals surface area contributed by atoms with Crippen molar-refractivity contribution in [2.24, 2.45) is 11.8 Å². The summed E-state index contributed by atoms with van der Waals surface area (Å²) in [5.41, 5.74) is 8.22. The van der Waals surface area contributed by atoms with Crippen LogP contribution in [0.25, 0.3) is 0 Å². The fraction of sp³-hybridized carbons (Fsp3) is 0.533. The van der Waals surface area contributed by atoms with Crippen LogP contribution >= 0.6 is 0 Å². The molecular formula is C15H22N2O2. The molecule has 0 spiro atoms. The maximum atomic E-state index is 11.2. The number of rotatable bonds is 2. The molecule has 2 rings (SSSR count). The Kier molecular flexibility index (Phi) is 3.69. The summed E-state index contributed by atoms with van der Waals surface area (Å²) >= 11 is 0. The second-order valence-corrected chi connectivity index (χ2v) is 5.88. The molecule has 2 unspecified atom stereocenters. The van der Waals surface area contributed by atoms with Crippen molar-refractivity contribution in [2.75, 3.05) is 23.7 Å². The quantitative estimate of drug-likeness (QED) is 0.804. The van der Waals surface area contributed by atoms with E-state index in [1.165, 1.54) is 6.42 Å². The molecule has 1 aromatic rings. The summed E-state index contributed by atoms with van der Waals surface area (Å²) in [6.45, 7) is 8.30. The number of aryl methyl sites for hydroxylation is 1. The van der Waals surface area contributed by atoms with Gasteiger partial charge in [-0.25, -0.2) is 4.79 Å². The van der Waals surface area contributed by atoms with Crippen molar-refractivity contribution in [1.29, 1.82) is 0 Å². The molecule has 0 aliphatic carbocycles. The Morgan fingerprint density at radius 1 is 1.32 bits per heavy atom. The van der Waals surface area contributed by atoms with Crippen molar-refractivity contribution < 1.29 is 9.90 Å². The average molecular weight is 262 g/mol. The van der Waals surface area contributed by atoms with Gasteiger partial charge in [-0.2, -0.15) is 0 Å². The summed E-state index contributed by atoms with van der Waals surface area (Å²) in [6, 6.07) is 3.70. The van der Waals surface area contributed by atoms with E-state index in [9.17, 15) is 9.90 Å². The molecule has 1 aliphatic heterocycles. The minimum atomic E-state index is -0.958. The zero-order valence-corrected chi connectivity index (χ0v) is 11.8. The van der Waals surface area contributed by atoms with Gasteiger partial charge in [0.2, 0.25) is 0 Å². The van der Waals surface area contributed by atoms with E-state index < -0.39 is 5.97 Å². The van der Waals surface area contributed by atoms with Crippen LogP contribution in [0, 0.1) is 18.8 Å². The zero-order valence-electron chi connectivity index (χ0n) is 11.8. The zero-order chi connectivity index (χ0) is 14.2. The highest BCUT2D eigenvalue weighted by Gasteiger charge is 2.23. The van der Waals surface area contributed by atoms with Crippen LogP contribution in [0.5, 0.6) is 0 Å². The van der Waals surface area contributed by atoms with Crippen molar-refractivity contribution in [1.82, 2.24) is 0 Å². The Morgan fingerprint density at radius 2 is 1.89 bits per heavy atom. The van der Waals surface area contributed by atoms with Crippen molar-refractivity contribution in [2.45, 2.75) is 27.2 Å². The van der Waals surface area contributed by atoms with Crippen molar-refractivity contribution in [3.8, 4) is 0 Å². The first kappa shape index (κ1) is 13.7. The SMILES string of the molecule is Cc1cc(N2CC(C)CC(C)C2)cc(C(=O)O)c1N. The van der Waals surface area contributed by atoms with Crippen LogP contribution in [0.1, 0.15) is 36.2 Å². The topological polar surface area (TPSA) is 66.6 Å². The first-order valence-corrected chi connectivity index (χ1v) is 6.76. The molecule has 1 saturated heterocycles. The first-order valence-electron chi connectivity index (χ1n) is 6.76. The molecular weight excluding hydrogens is 240 g/mol. The highest BCUT2D eigenvalue weighted by molar-refractivity contribution is 5.95. The second-order valence-electron chi connectivity index (χ2n) is 5.88. The lowest BCUT2D eigenvalue weighted by molar-refractivity contribution is 0.0698. The van der Waals surface area contributed by atoms with Gasteiger partial charge in [0, 0.05) is 24.5 Å². The number of nitrogens with zero attached hydrogens (tertiary/aromatic N) is 1. The molecule has 0 saturated carbocycles. The third-order valence-electron chi connectivity index (χ3n) is 3.84. The molecule has 2 atom stereocenters. The van der Waals surface area contributed by atoms with Crippen LogP contribution in [0.4, 0.5) is 11.4 Å².